The Morgan fingerprint density at radius 2 is 1.97 bits per heavy atom. The number of hydrogen-bond acceptors (Lipinski definition) is 5. The molecule has 0 fully saturated rings. The van der Waals surface area contributed by atoms with E-state index in [0.717, 1.165) is 11.1 Å². The summed E-state index contributed by atoms with van der Waals surface area (Å²) in [5, 5.41) is 2.05. The van der Waals surface area contributed by atoms with Crippen LogP contribution in [0.3, 0.4) is 0 Å². The normalized spacial score (nSPS) is 16.3. The number of benzene rings is 1. The standard InChI is InChI=1S/C20H21N3O4S2/c1-13-4-7-17(12-14(13)2)27-15(3)19(24)22-16-5-8-18(9-6-16)29(25,26)23-20-21-10-11-28-20/h4-12,15H,1-3H3,(H2,21,23,25,26)/t15-/m0/s1. The highest BCUT2D eigenvalue weighted by Crippen LogP contribution is 2.18. The zero-order valence-electron chi connectivity index (χ0n) is 16.2. The van der Waals surface area contributed by atoms with Gasteiger partial charge in [-0.2, -0.15) is 0 Å². The van der Waals surface area contributed by atoms with Crippen molar-refractivity contribution in [3.05, 3.63) is 65.2 Å². The predicted octanol–water partition coefficient (Wildman–Crippen LogP) is 3.58. The summed E-state index contributed by atoms with van der Waals surface area (Å²) >= 11 is 1.22. The predicted molar refractivity (Wildman–Crippen MR) is 118 cm³/mol. The first-order valence-electron chi connectivity index (χ1n) is 8.78. The first-order chi connectivity index (χ1) is 13.7. The van der Waals surface area contributed by atoms with Gasteiger partial charge in [0.1, 0.15) is 5.75 Å². The summed E-state index contributed by atoms with van der Waals surface area (Å²) < 4.78 is 30.8. The average Bonchev–Trinajstić information content (AvgIpc) is 3.17. The molecule has 0 radical (unpaired) electrons. The molecule has 3 rings (SSSR count). The molecule has 0 bridgehead atoms. The summed E-state index contributed by atoms with van der Waals surface area (Å²) in [5.41, 5.74) is 2.60. The molecule has 1 amide bonds. The molecule has 29 heavy (non-hydrogen) atoms. The largest absolute Gasteiger partial charge is 0.481 e. The van der Waals surface area contributed by atoms with Crippen LogP contribution in [-0.2, 0) is 14.8 Å². The molecule has 2 N–H and O–H groups in total. The highest BCUT2D eigenvalue weighted by Gasteiger charge is 2.16. The quantitative estimate of drug-likeness (QED) is 0.705. The van der Waals surface area contributed by atoms with E-state index in [4.69, 9.17) is 4.74 Å². The van der Waals surface area contributed by atoms with E-state index < -0.39 is 22.0 Å². The van der Waals surface area contributed by atoms with Gasteiger partial charge >= 0.3 is 0 Å². The van der Waals surface area contributed by atoms with Gasteiger partial charge in [0.2, 0.25) is 0 Å². The molecular formula is C20H21N3O4S2. The molecule has 0 saturated heterocycles. The number of nitrogens with zero attached hydrogens (tertiary/aromatic N) is 2. The third kappa shape index (κ3) is 5.41. The topological polar surface area (TPSA) is 101 Å². The SMILES string of the molecule is Cc1ccc(O[C@@H](C)C(=O)N=C2C=CC(=S(=O)(O)Nc3nccs3)C=C2)cc1C. The number of rotatable bonds is 5. The Bertz CT molecular complexity index is 1110. The second-order valence-electron chi connectivity index (χ2n) is 6.42. The number of hydrogen-bond donors (Lipinski definition) is 2. The molecule has 152 valence electrons. The maximum Gasteiger partial charge on any atom is 0.286 e. The van der Waals surface area contributed by atoms with E-state index in [1.165, 1.54) is 41.8 Å². The lowest BCUT2D eigenvalue weighted by atomic mass is 10.1. The molecule has 1 aliphatic rings. The molecule has 2 aromatic rings. The van der Waals surface area contributed by atoms with Crippen LogP contribution < -0.4 is 9.46 Å². The van der Waals surface area contributed by atoms with Gasteiger partial charge in [-0.1, -0.05) is 6.07 Å². The Morgan fingerprint density at radius 3 is 2.59 bits per heavy atom. The minimum absolute atomic E-state index is 0.165. The van der Waals surface area contributed by atoms with Gasteiger partial charge in [0.25, 0.3) is 5.91 Å². The van der Waals surface area contributed by atoms with E-state index in [0.29, 0.717) is 16.6 Å². The van der Waals surface area contributed by atoms with Crippen molar-refractivity contribution in [1.29, 1.82) is 0 Å². The summed E-state index contributed by atoms with van der Waals surface area (Å²) in [4.78, 5) is 20.5. The van der Waals surface area contributed by atoms with E-state index in [1.807, 2.05) is 32.0 Å². The molecule has 9 heteroatoms. The van der Waals surface area contributed by atoms with Crippen molar-refractivity contribution in [1.82, 2.24) is 4.98 Å². The first-order valence-corrected chi connectivity index (χ1v) is 11.2. The van der Waals surface area contributed by atoms with Crippen molar-refractivity contribution >= 4 is 42.9 Å². The van der Waals surface area contributed by atoms with E-state index in [1.54, 1.807) is 12.3 Å². The smallest absolute Gasteiger partial charge is 0.286 e. The zero-order chi connectivity index (χ0) is 21.0. The highest BCUT2D eigenvalue weighted by atomic mass is 32.2. The van der Waals surface area contributed by atoms with E-state index in [9.17, 15) is 13.6 Å². The van der Waals surface area contributed by atoms with Gasteiger partial charge in [-0.15, -0.1) is 11.3 Å². The van der Waals surface area contributed by atoms with Crippen LogP contribution in [-0.4, -0.2) is 36.3 Å². The number of carbonyl (C=O) groups is 1. The number of allylic oxidation sites excluding steroid dienone is 4. The molecule has 0 spiro atoms. The summed E-state index contributed by atoms with van der Waals surface area (Å²) in [5.74, 6) is 0.161. The molecule has 1 unspecified atom stereocenters. The fraction of sp³-hybridized carbons (Fsp3) is 0.200. The maximum atomic E-state index is 12.4. The zero-order valence-corrected chi connectivity index (χ0v) is 17.8. The molecular weight excluding hydrogens is 410 g/mol. The van der Waals surface area contributed by atoms with Gasteiger partial charge in [-0.3, -0.25) is 14.1 Å². The number of thiazole rings is 1. The number of carbonyl (C=O) groups excluding carboxylic acids is 1. The van der Waals surface area contributed by atoms with Crippen molar-refractivity contribution in [3.8, 4) is 5.75 Å². The van der Waals surface area contributed by atoms with Crippen LogP contribution in [0.1, 0.15) is 18.1 Å². The van der Waals surface area contributed by atoms with Crippen LogP contribution in [0, 0.1) is 13.8 Å². The Kier molecular flexibility index (Phi) is 6.31. The minimum atomic E-state index is -3.50. The molecule has 0 saturated carbocycles. The summed E-state index contributed by atoms with van der Waals surface area (Å²) in [6.07, 6.45) is 6.70. The second-order valence-corrected chi connectivity index (χ2v) is 9.04. The van der Waals surface area contributed by atoms with Crippen LogP contribution in [0.15, 0.2) is 59.1 Å². The molecule has 0 aliphatic heterocycles. The number of aromatic nitrogens is 1. The van der Waals surface area contributed by atoms with Gasteiger partial charge < -0.3 is 4.74 Å². The molecule has 1 aromatic carbocycles. The highest BCUT2D eigenvalue weighted by molar-refractivity contribution is 7.99. The Balaban J connectivity index is 1.68. The fourth-order valence-corrected chi connectivity index (χ4v) is 4.23. The first kappa shape index (κ1) is 21.0. The number of anilines is 1. The van der Waals surface area contributed by atoms with Gasteiger partial charge in [0, 0.05) is 11.6 Å². The lowest BCUT2D eigenvalue weighted by Crippen LogP contribution is -2.24. The summed E-state index contributed by atoms with van der Waals surface area (Å²) in [6.45, 7) is 5.61. The van der Waals surface area contributed by atoms with Crippen molar-refractivity contribution in [2.45, 2.75) is 26.9 Å². The van der Waals surface area contributed by atoms with Crippen LogP contribution in [0.5, 0.6) is 5.75 Å². The number of aryl methyl sites for hydroxylation is 2. The van der Waals surface area contributed by atoms with Crippen molar-refractivity contribution < 1.29 is 18.3 Å². The number of ether oxygens (including phenoxy) is 1. The number of nitrogens with one attached hydrogen (secondary N) is 1. The van der Waals surface area contributed by atoms with Gasteiger partial charge in [-0.05, 0) is 68.3 Å². The molecule has 1 aliphatic carbocycles. The Hall–Kier alpha value is -2.75. The van der Waals surface area contributed by atoms with Gasteiger partial charge in [0.15, 0.2) is 21.2 Å². The van der Waals surface area contributed by atoms with E-state index in [-0.39, 0.29) is 4.86 Å². The fourth-order valence-electron chi connectivity index (χ4n) is 2.42. The van der Waals surface area contributed by atoms with Crippen LogP contribution in [0.25, 0.3) is 0 Å². The van der Waals surface area contributed by atoms with Gasteiger partial charge in [0.05, 0.1) is 10.6 Å². The number of aliphatic imine (C=N–C) groups is 1. The van der Waals surface area contributed by atoms with Gasteiger partial charge in [-0.25, -0.2) is 14.2 Å². The minimum Gasteiger partial charge on any atom is -0.481 e. The van der Waals surface area contributed by atoms with E-state index in [2.05, 4.69) is 14.7 Å². The maximum absolute atomic E-state index is 12.4. The lowest BCUT2D eigenvalue weighted by Gasteiger charge is -2.13. The third-order valence-corrected chi connectivity index (χ3v) is 6.39. The Labute approximate surface area is 173 Å². The van der Waals surface area contributed by atoms with Crippen molar-refractivity contribution in [3.63, 3.8) is 0 Å². The van der Waals surface area contributed by atoms with Crippen molar-refractivity contribution in [2.24, 2.45) is 4.99 Å². The molecule has 2 atom stereocenters. The monoisotopic (exact) mass is 431 g/mol. The Morgan fingerprint density at radius 1 is 1.24 bits per heavy atom. The molecule has 1 aromatic heterocycles. The molecule has 7 nitrogen and oxygen atoms in total. The summed E-state index contributed by atoms with van der Waals surface area (Å²) in [7, 11) is -3.50. The molecule has 1 heterocycles. The average molecular weight is 432 g/mol. The van der Waals surface area contributed by atoms with E-state index >= 15 is 0 Å². The lowest BCUT2D eigenvalue weighted by molar-refractivity contribution is -0.123. The third-order valence-electron chi connectivity index (χ3n) is 4.19. The van der Waals surface area contributed by atoms with Crippen LogP contribution in [0.4, 0.5) is 5.13 Å². The number of amides is 1. The van der Waals surface area contributed by atoms with Crippen molar-refractivity contribution in [2.75, 3.05) is 4.72 Å². The van der Waals surface area contributed by atoms with Crippen LogP contribution in [0.2, 0.25) is 0 Å². The second kappa shape index (κ2) is 8.73. The summed E-state index contributed by atoms with van der Waals surface area (Å²) in [6, 6.07) is 5.62. The van der Waals surface area contributed by atoms with Crippen LogP contribution >= 0.6 is 11.3 Å².